The summed E-state index contributed by atoms with van der Waals surface area (Å²) in [5, 5.41) is 3.13. The van der Waals surface area contributed by atoms with Crippen LogP contribution in [0.15, 0.2) is 17.2 Å². The summed E-state index contributed by atoms with van der Waals surface area (Å²) in [6.45, 7) is 0. The molecule has 0 spiro atoms. The standard InChI is InChI=1S/C10H15N3O2S/c1-13-5-4-11-9(10(13)14)12-8-2-6-16(15)7-3-8/h4-5,8H,2-3,6-7H2,1H3,(H,11,12). The molecule has 2 heterocycles. The van der Waals surface area contributed by atoms with E-state index in [1.54, 1.807) is 19.4 Å². The zero-order valence-corrected chi connectivity index (χ0v) is 10.00. The van der Waals surface area contributed by atoms with Crippen LogP contribution in [0.2, 0.25) is 0 Å². The van der Waals surface area contributed by atoms with Crippen LogP contribution < -0.4 is 10.9 Å². The van der Waals surface area contributed by atoms with Crippen molar-refractivity contribution in [1.82, 2.24) is 9.55 Å². The molecule has 0 bridgehead atoms. The van der Waals surface area contributed by atoms with Gasteiger partial charge < -0.3 is 9.88 Å². The third-order valence-corrected chi connectivity index (χ3v) is 4.13. The highest BCUT2D eigenvalue weighted by atomic mass is 32.2. The van der Waals surface area contributed by atoms with E-state index in [0.717, 1.165) is 12.8 Å². The molecule has 2 rings (SSSR count). The highest BCUT2D eigenvalue weighted by molar-refractivity contribution is 7.85. The van der Waals surface area contributed by atoms with Crippen molar-refractivity contribution < 1.29 is 4.21 Å². The number of aryl methyl sites for hydroxylation is 1. The van der Waals surface area contributed by atoms with E-state index in [0.29, 0.717) is 17.3 Å². The Morgan fingerprint density at radius 2 is 2.19 bits per heavy atom. The molecule has 1 aromatic heterocycles. The SMILES string of the molecule is Cn1ccnc(NC2CCS(=O)CC2)c1=O. The molecule has 16 heavy (non-hydrogen) atoms. The maximum Gasteiger partial charge on any atom is 0.293 e. The fourth-order valence-electron chi connectivity index (χ4n) is 1.73. The van der Waals surface area contributed by atoms with Crippen molar-refractivity contribution in [3.8, 4) is 0 Å². The summed E-state index contributed by atoms with van der Waals surface area (Å²) < 4.78 is 12.7. The zero-order valence-electron chi connectivity index (χ0n) is 9.18. The first kappa shape index (κ1) is 11.3. The van der Waals surface area contributed by atoms with Gasteiger partial charge in [0.15, 0.2) is 5.82 Å². The molecule has 0 unspecified atom stereocenters. The summed E-state index contributed by atoms with van der Waals surface area (Å²) in [7, 11) is 1.03. The van der Waals surface area contributed by atoms with Crippen LogP contribution in [0.5, 0.6) is 0 Å². The summed E-state index contributed by atoms with van der Waals surface area (Å²) in [5.41, 5.74) is -0.116. The van der Waals surface area contributed by atoms with Crippen LogP contribution in [0.4, 0.5) is 5.82 Å². The lowest BCUT2D eigenvalue weighted by atomic mass is 10.1. The summed E-state index contributed by atoms with van der Waals surface area (Å²) in [6.07, 6.45) is 4.91. The van der Waals surface area contributed by atoms with Gasteiger partial charge >= 0.3 is 0 Å². The van der Waals surface area contributed by atoms with Gasteiger partial charge in [-0.3, -0.25) is 9.00 Å². The average Bonchev–Trinajstić information content (AvgIpc) is 2.28. The van der Waals surface area contributed by atoms with Crippen LogP contribution in [0.3, 0.4) is 0 Å². The Morgan fingerprint density at radius 1 is 1.50 bits per heavy atom. The van der Waals surface area contributed by atoms with Crippen molar-refractivity contribution in [2.45, 2.75) is 18.9 Å². The van der Waals surface area contributed by atoms with Gasteiger partial charge in [0.25, 0.3) is 5.56 Å². The molecule has 0 aromatic carbocycles. The third-order valence-electron chi connectivity index (χ3n) is 2.75. The summed E-state index contributed by atoms with van der Waals surface area (Å²) in [4.78, 5) is 15.7. The van der Waals surface area contributed by atoms with E-state index >= 15 is 0 Å². The molecule has 6 heteroatoms. The van der Waals surface area contributed by atoms with Crippen molar-refractivity contribution in [1.29, 1.82) is 0 Å². The molecule has 1 saturated heterocycles. The third kappa shape index (κ3) is 2.49. The quantitative estimate of drug-likeness (QED) is 0.798. The maximum absolute atomic E-state index is 11.7. The molecular weight excluding hydrogens is 226 g/mol. The molecular formula is C10H15N3O2S. The second-order valence-corrected chi connectivity index (χ2v) is 5.65. The molecule has 1 aromatic rings. The average molecular weight is 241 g/mol. The predicted molar refractivity (Wildman–Crippen MR) is 64.0 cm³/mol. The van der Waals surface area contributed by atoms with Gasteiger partial charge in [-0.1, -0.05) is 0 Å². The Kier molecular flexibility index (Phi) is 3.38. The second-order valence-electron chi connectivity index (χ2n) is 3.96. The number of aromatic nitrogens is 2. The van der Waals surface area contributed by atoms with E-state index in [4.69, 9.17) is 0 Å². The molecule has 0 saturated carbocycles. The molecule has 0 aliphatic carbocycles. The van der Waals surface area contributed by atoms with Crippen molar-refractivity contribution in [3.05, 3.63) is 22.7 Å². The van der Waals surface area contributed by atoms with Crippen molar-refractivity contribution in [2.24, 2.45) is 7.05 Å². The van der Waals surface area contributed by atoms with E-state index in [1.807, 2.05) is 0 Å². The summed E-state index contributed by atoms with van der Waals surface area (Å²) in [5.74, 6) is 1.82. The lowest BCUT2D eigenvalue weighted by Crippen LogP contribution is -2.33. The molecule has 0 radical (unpaired) electrons. The van der Waals surface area contributed by atoms with Crippen molar-refractivity contribution >= 4 is 16.6 Å². The van der Waals surface area contributed by atoms with Crippen LogP contribution in [0, 0.1) is 0 Å². The summed E-state index contributed by atoms with van der Waals surface area (Å²) >= 11 is 0. The molecule has 5 nitrogen and oxygen atoms in total. The number of nitrogens with zero attached hydrogens (tertiary/aromatic N) is 2. The Hall–Kier alpha value is -1.17. The molecule has 1 N–H and O–H groups in total. The predicted octanol–water partition coefficient (Wildman–Crippen LogP) is 0.103. The fraction of sp³-hybridized carbons (Fsp3) is 0.600. The van der Waals surface area contributed by atoms with Crippen molar-refractivity contribution in [2.75, 3.05) is 16.8 Å². The Labute approximate surface area is 96.4 Å². The van der Waals surface area contributed by atoms with Gasteiger partial charge in [-0.15, -0.1) is 0 Å². The van der Waals surface area contributed by atoms with Gasteiger partial charge in [0.05, 0.1) is 0 Å². The first-order valence-electron chi connectivity index (χ1n) is 5.30. The lowest BCUT2D eigenvalue weighted by Gasteiger charge is -2.22. The van der Waals surface area contributed by atoms with Gasteiger partial charge in [-0.05, 0) is 12.8 Å². The largest absolute Gasteiger partial charge is 0.363 e. The first-order chi connectivity index (χ1) is 7.66. The molecule has 1 fully saturated rings. The van der Waals surface area contributed by atoms with E-state index in [1.165, 1.54) is 4.57 Å². The number of hydrogen-bond donors (Lipinski definition) is 1. The monoisotopic (exact) mass is 241 g/mol. The molecule has 88 valence electrons. The highest BCUT2D eigenvalue weighted by Gasteiger charge is 2.18. The van der Waals surface area contributed by atoms with E-state index in [9.17, 15) is 9.00 Å². The number of hydrogen-bond acceptors (Lipinski definition) is 4. The van der Waals surface area contributed by atoms with Crippen LogP contribution in [-0.2, 0) is 17.8 Å². The zero-order chi connectivity index (χ0) is 11.5. The number of anilines is 1. The minimum Gasteiger partial charge on any atom is -0.363 e. The second kappa shape index (κ2) is 4.78. The van der Waals surface area contributed by atoms with Crippen LogP contribution in [-0.4, -0.2) is 31.3 Å². The van der Waals surface area contributed by atoms with E-state index < -0.39 is 10.8 Å². The summed E-state index contributed by atoms with van der Waals surface area (Å²) in [6, 6.07) is 0.222. The van der Waals surface area contributed by atoms with Crippen LogP contribution in [0.1, 0.15) is 12.8 Å². The van der Waals surface area contributed by atoms with Gasteiger partial charge in [-0.2, -0.15) is 0 Å². The van der Waals surface area contributed by atoms with Gasteiger partial charge in [0.2, 0.25) is 0 Å². The van der Waals surface area contributed by atoms with Gasteiger partial charge in [0, 0.05) is 47.8 Å². The van der Waals surface area contributed by atoms with Gasteiger partial charge in [0.1, 0.15) is 0 Å². The first-order valence-corrected chi connectivity index (χ1v) is 6.79. The number of rotatable bonds is 2. The topological polar surface area (TPSA) is 64.0 Å². The normalized spacial score (nSPS) is 25.3. The molecule has 0 amide bonds. The smallest absolute Gasteiger partial charge is 0.293 e. The molecule has 1 aliphatic rings. The fourth-order valence-corrected chi connectivity index (χ4v) is 3.03. The molecule has 0 atom stereocenters. The van der Waals surface area contributed by atoms with E-state index in [2.05, 4.69) is 10.3 Å². The lowest BCUT2D eigenvalue weighted by molar-refractivity contribution is 0.620. The minimum absolute atomic E-state index is 0.116. The van der Waals surface area contributed by atoms with Crippen molar-refractivity contribution in [3.63, 3.8) is 0 Å². The molecule has 1 aliphatic heterocycles. The maximum atomic E-state index is 11.7. The minimum atomic E-state index is -0.672. The number of nitrogens with one attached hydrogen (secondary N) is 1. The van der Waals surface area contributed by atoms with E-state index in [-0.39, 0.29) is 11.6 Å². The highest BCUT2D eigenvalue weighted by Crippen LogP contribution is 2.12. The Bertz CT molecular complexity index is 448. The van der Waals surface area contributed by atoms with Crippen LogP contribution >= 0.6 is 0 Å². The Balaban J connectivity index is 2.07. The van der Waals surface area contributed by atoms with Crippen LogP contribution in [0.25, 0.3) is 0 Å². The Morgan fingerprint density at radius 3 is 2.88 bits per heavy atom. The van der Waals surface area contributed by atoms with Gasteiger partial charge in [-0.25, -0.2) is 4.98 Å².